The minimum absolute atomic E-state index is 0.0390. The summed E-state index contributed by atoms with van der Waals surface area (Å²) in [5, 5.41) is 6.92. The molecule has 1 aromatic carbocycles. The second-order valence-corrected chi connectivity index (χ2v) is 8.40. The number of piperidine rings is 3. The summed E-state index contributed by atoms with van der Waals surface area (Å²) < 4.78 is 5.75. The summed E-state index contributed by atoms with van der Waals surface area (Å²) in [5.41, 5.74) is 0.624. The van der Waals surface area contributed by atoms with Gasteiger partial charge in [0.15, 0.2) is 5.13 Å². The van der Waals surface area contributed by atoms with E-state index in [-0.39, 0.29) is 17.9 Å². The van der Waals surface area contributed by atoms with Crippen LogP contribution in [0.25, 0.3) is 0 Å². The highest BCUT2D eigenvalue weighted by Crippen LogP contribution is 2.33. The fourth-order valence-electron chi connectivity index (χ4n) is 4.09. The highest BCUT2D eigenvalue weighted by atomic mass is 32.1. The number of anilines is 1. The van der Waals surface area contributed by atoms with Gasteiger partial charge in [0, 0.05) is 24.6 Å². The normalized spacial score (nSPS) is 25.9. The first-order valence-electron chi connectivity index (χ1n) is 9.56. The minimum Gasteiger partial charge on any atom is -0.445 e. The quantitative estimate of drug-likeness (QED) is 0.806. The van der Waals surface area contributed by atoms with E-state index in [2.05, 4.69) is 27.4 Å². The van der Waals surface area contributed by atoms with E-state index in [4.69, 9.17) is 4.74 Å². The first-order chi connectivity index (χ1) is 13.5. The maximum absolute atomic E-state index is 12.7. The fourth-order valence-corrected chi connectivity index (χ4v) is 4.82. The van der Waals surface area contributed by atoms with E-state index >= 15 is 0 Å². The molecule has 28 heavy (non-hydrogen) atoms. The Labute approximate surface area is 168 Å². The predicted octanol–water partition coefficient (Wildman–Crippen LogP) is 3.11. The molecule has 8 heteroatoms. The van der Waals surface area contributed by atoms with E-state index in [0.717, 1.165) is 25.9 Å². The highest BCUT2D eigenvalue weighted by Gasteiger charge is 2.40. The highest BCUT2D eigenvalue weighted by molar-refractivity contribution is 7.17. The lowest BCUT2D eigenvalue weighted by Gasteiger charge is -2.49. The largest absolute Gasteiger partial charge is 0.445 e. The van der Waals surface area contributed by atoms with Gasteiger partial charge in [-0.1, -0.05) is 11.3 Å². The van der Waals surface area contributed by atoms with Gasteiger partial charge >= 0.3 is 0 Å². The van der Waals surface area contributed by atoms with Crippen LogP contribution in [-0.4, -0.2) is 46.9 Å². The number of benzene rings is 1. The van der Waals surface area contributed by atoms with Crippen molar-refractivity contribution in [2.24, 2.45) is 5.92 Å². The van der Waals surface area contributed by atoms with Crippen LogP contribution >= 0.6 is 11.3 Å². The number of aromatic nitrogens is 1. The third-order valence-corrected chi connectivity index (χ3v) is 6.37. The number of amides is 2. The van der Waals surface area contributed by atoms with E-state index in [9.17, 15) is 9.59 Å². The van der Waals surface area contributed by atoms with Crippen LogP contribution in [0, 0.1) is 5.92 Å². The zero-order valence-corrected chi connectivity index (χ0v) is 16.8. The number of thiazole rings is 1. The van der Waals surface area contributed by atoms with Crippen molar-refractivity contribution < 1.29 is 14.3 Å². The molecule has 5 rings (SSSR count). The average Bonchev–Trinajstić information content (AvgIpc) is 3.11. The molecule has 3 aliphatic rings. The number of ether oxygens (including phenoxy) is 1. The van der Waals surface area contributed by atoms with Gasteiger partial charge < -0.3 is 15.4 Å². The molecule has 2 unspecified atom stereocenters. The molecule has 3 aliphatic heterocycles. The fraction of sp³-hybridized carbons (Fsp3) is 0.450. The summed E-state index contributed by atoms with van der Waals surface area (Å²) in [6, 6.07) is 7.69. The van der Waals surface area contributed by atoms with E-state index < -0.39 is 0 Å². The van der Waals surface area contributed by atoms with Crippen LogP contribution in [0.1, 0.15) is 37.0 Å². The molecule has 3 saturated heterocycles. The summed E-state index contributed by atoms with van der Waals surface area (Å²) in [7, 11) is 0. The number of nitrogens with one attached hydrogen (secondary N) is 2. The molecule has 2 aromatic rings. The van der Waals surface area contributed by atoms with Crippen molar-refractivity contribution in [3.63, 3.8) is 0 Å². The van der Waals surface area contributed by atoms with Crippen LogP contribution in [0.4, 0.5) is 5.13 Å². The number of carbonyl (C=O) groups excluding carboxylic acids is 2. The Kier molecular flexibility index (Phi) is 5.32. The molecule has 2 atom stereocenters. The molecule has 2 N–H and O–H groups in total. The van der Waals surface area contributed by atoms with Crippen LogP contribution in [0.2, 0.25) is 0 Å². The van der Waals surface area contributed by atoms with E-state index in [0.29, 0.717) is 33.5 Å². The lowest BCUT2D eigenvalue weighted by atomic mass is 9.79. The number of carbonyl (C=O) groups is 2. The number of rotatable bonds is 5. The third kappa shape index (κ3) is 4.02. The Bertz CT molecular complexity index is 857. The van der Waals surface area contributed by atoms with E-state index in [1.165, 1.54) is 18.3 Å². The second kappa shape index (κ2) is 7.89. The standard InChI is InChI=1S/C20H24N4O3S/c1-12-18(14-7-9-24(12)10-8-14)23-19(26)15-3-5-16(6-4-15)27-17-11-21-20(28-17)22-13(2)25/h3-6,11-12,14,18H,7-10H2,1-2H3,(H,23,26)(H,21,22,25). The number of hydrogen-bond acceptors (Lipinski definition) is 6. The van der Waals surface area contributed by atoms with Gasteiger partial charge in [-0.2, -0.15) is 0 Å². The Hall–Kier alpha value is -2.45. The molecular weight excluding hydrogens is 376 g/mol. The molecule has 7 nitrogen and oxygen atoms in total. The van der Waals surface area contributed by atoms with Crippen molar-refractivity contribution in [1.29, 1.82) is 0 Å². The van der Waals surface area contributed by atoms with Crippen molar-refractivity contribution in [2.45, 2.75) is 38.8 Å². The van der Waals surface area contributed by atoms with Gasteiger partial charge in [-0.15, -0.1) is 0 Å². The number of hydrogen-bond donors (Lipinski definition) is 2. The van der Waals surface area contributed by atoms with Gasteiger partial charge in [-0.25, -0.2) is 4.98 Å². The molecule has 1 aromatic heterocycles. The summed E-state index contributed by atoms with van der Waals surface area (Å²) in [5.74, 6) is 0.984. The Morgan fingerprint density at radius 3 is 2.57 bits per heavy atom. The monoisotopic (exact) mass is 400 g/mol. The van der Waals surface area contributed by atoms with Gasteiger partial charge in [0.2, 0.25) is 11.0 Å². The zero-order chi connectivity index (χ0) is 19.7. The van der Waals surface area contributed by atoms with Crippen LogP contribution in [-0.2, 0) is 4.79 Å². The van der Waals surface area contributed by atoms with Crippen molar-refractivity contribution in [3.05, 3.63) is 36.0 Å². The maximum Gasteiger partial charge on any atom is 0.251 e. The Morgan fingerprint density at radius 2 is 1.93 bits per heavy atom. The van der Waals surface area contributed by atoms with Gasteiger partial charge in [0.25, 0.3) is 5.91 Å². The van der Waals surface area contributed by atoms with Gasteiger partial charge in [-0.05, 0) is 63.0 Å². The average molecular weight is 401 g/mol. The summed E-state index contributed by atoms with van der Waals surface area (Å²) in [6.07, 6.45) is 3.89. The second-order valence-electron chi connectivity index (χ2n) is 7.41. The smallest absolute Gasteiger partial charge is 0.251 e. The van der Waals surface area contributed by atoms with Crippen LogP contribution in [0.15, 0.2) is 30.5 Å². The van der Waals surface area contributed by atoms with Gasteiger partial charge in [0.05, 0.1) is 6.20 Å². The number of nitrogens with zero attached hydrogens (tertiary/aromatic N) is 2. The van der Waals surface area contributed by atoms with Crippen molar-refractivity contribution in [3.8, 4) is 10.8 Å². The first kappa shape index (κ1) is 18.9. The van der Waals surface area contributed by atoms with Crippen molar-refractivity contribution in [2.75, 3.05) is 18.4 Å². The SMILES string of the molecule is CC(=O)Nc1ncc(Oc2ccc(C(=O)NC3C4CCN(CC4)C3C)cc2)s1. The molecule has 4 heterocycles. The molecule has 0 saturated carbocycles. The molecule has 0 aliphatic carbocycles. The van der Waals surface area contributed by atoms with E-state index in [1.54, 1.807) is 30.5 Å². The summed E-state index contributed by atoms with van der Waals surface area (Å²) in [4.78, 5) is 30.3. The molecule has 2 amide bonds. The molecule has 148 valence electrons. The molecule has 3 fully saturated rings. The molecular formula is C20H24N4O3S. The van der Waals surface area contributed by atoms with Crippen LogP contribution < -0.4 is 15.4 Å². The lowest BCUT2D eigenvalue weighted by molar-refractivity contribution is -0.114. The Balaban J connectivity index is 1.37. The topological polar surface area (TPSA) is 83.6 Å². The minimum atomic E-state index is -0.173. The predicted molar refractivity (Wildman–Crippen MR) is 108 cm³/mol. The third-order valence-electron chi connectivity index (χ3n) is 5.58. The maximum atomic E-state index is 12.7. The van der Waals surface area contributed by atoms with Crippen molar-refractivity contribution >= 4 is 28.3 Å². The zero-order valence-electron chi connectivity index (χ0n) is 16.0. The number of fused-ring (bicyclic) bond motifs is 3. The first-order valence-corrected chi connectivity index (χ1v) is 10.4. The lowest BCUT2D eigenvalue weighted by Crippen LogP contribution is -2.62. The van der Waals surface area contributed by atoms with E-state index in [1.807, 2.05) is 0 Å². The molecule has 2 bridgehead atoms. The van der Waals surface area contributed by atoms with Gasteiger partial charge in [-0.3, -0.25) is 14.5 Å². The molecule has 0 radical (unpaired) electrons. The summed E-state index contributed by atoms with van der Waals surface area (Å²) >= 11 is 1.25. The van der Waals surface area contributed by atoms with Crippen molar-refractivity contribution in [1.82, 2.24) is 15.2 Å². The molecule has 0 spiro atoms. The Morgan fingerprint density at radius 1 is 1.21 bits per heavy atom. The van der Waals surface area contributed by atoms with Gasteiger partial charge in [0.1, 0.15) is 5.75 Å². The summed E-state index contributed by atoms with van der Waals surface area (Å²) in [6.45, 7) is 5.93. The van der Waals surface area contributed by atoms with Crippen LogP contribution in [0.3, 0.4) is 0 Å². The van der Waals surface area contributed by atoms with Crippen LogP contribution in [0.5, 0.6) is 10.8 Å².